The quantitative estimate of drug-likeness (QED) is 0.728. The smallest absolute Gasteiger partial charge is 0.391 e. The Morgan fingerprint density at radius 3 is 2.76 bits per heavy atom. The number of amides is 1. The van der Waals surface area contributed by atoms with Crippen molar-refractivity contribution in [2.75, 3.05) is 19.6 Å². The largest absolute Gasteiger partial charge is 0.435 e. The van der Waals surface area contributed by atoms with Crippen LogP contribution in [0.5, 0.6) is 0 Å². The number of β-amino-alcohol motifs (C(OH)–C–C–N with tert-alkyl or cyclic N) is 1. The topological polar surface area (TPSA) is 79.2 Å². The fraction of sp³-hybridized carbons (Fsp3) is 0.636. The summed E-state index contributed by atoms with van der Waals surface area (Å²) < 4.78 is 37.9. The molecular weight excluding hydrogens is 313 g/mol. The van der Waals surface area contributed by atoms with Gasteiger partial charge in [-0.1, -0.05) is 0 Å². The van der Waals surface area contributed by atoms with Gasteiger partial charge in [0.1, 0.15) is 6.54 Å². The number of hydrogen-bond acceptors (Lipinski definition) is 4. The maximum absolute atomic E-state index is 12.3. The highest BCUT2D eigenvalue weighted by molar-refractivity contribution is 5.85. The summed E-state index contributed by atoms with van der Waals surface area (Å²) in [5.74, 6) is -0.525. The molecule has 21 heavy (non-hydrogen) atoms. The van der Waals surface area contributed by atoms with E-state index in [2.05, 4.69) is 15.7 Å². The predicted molar refractivity (Wildman–Crippen MR) is 69.9 cm³/mol. The van der Waals surface area contributed by atoms with Gasteiger partial charge in [0.15, 0.2) is 5.69 Å². The molecule has 1 saturated heterocycles. The number of nitrogens with zero attached hydrogens (tertiary/aromatic N) is 2. The number of carbonyl (C=O) groups excluding carboxylic acids is 1. The Labute approximate surface area is 125 Å². The Morgan fingerprint density at radius 1 is 1.52 bits per heavy atom. The Hall–Kier alpha value is -1.32. The maximum atomic E-state index is 12.3. The van der Waals surface area contributed by atoms with Crippen LogP contribution in [0.25, 0.3) is 0 Å². The zero-order valence-corrected chi connectivity index (χ0v) is 11.7. The van der Waals surface area contributed by atoms with Crippen LogP contribution in [0.1, 0.15) is 5.69 Å². The molecule has 2 atom stereocenters. The van der Waals surface area contributed by atoms with Crippen LogP contribution in [0.3, 0.4) is 0 Å². The number of halogens is 4. The van der Waals surface area contributed by atoms with Gasteiger partial charge in [0.05, 0.1) is 6.10 Å². The van der Waals surface area contributed by atoms with Crippen molar-refractivity contribution in [3.05, 3.63) is 18.0 Å². The van der Waals surface area contributed by atoms with Gasteiger partial charge in [-0.2, -0.15) is 18.3 Å². The molecule has 2 heterocycles. The van der Waals surface area contributed by atoms with Crippen LogP contribution < -0.4 is 10.6 Å². The number of carbonyl (C=O) groups is 1. The Morgan fingerprint density at radius 2 is 2.24 bits per heavy atom. The number of aliphatic hydroxyl groups excluding tert-OH is 1. The van der Waals surface area contributed by atoms with Crippen LogP contribution in [0.15, 0.2) is 12.3 Å². The molecule has 1 aromatic rings. The van der Waals surface area contributed by atoms with Gasteiger partial charge < -0.3 is 15.7 Å². The highest BCUT2D eigenvalue weighted by Gasteiger charge is 2.33. The number of aliphatic hydroxyl groups is 1. The molecule has 1 aliphatic rings. The first-order chi connectivity index (χ1) is 9.36. The SMILES string of the molecule is Cl.O=C(Cn1ccc(C(F)(F)F)n1)NCC1CNCC1O. The summed E-state index contributed by atoms with van der Waals surface area (Å²) in [7, 11) is 0. The van der Waals surface area contributed by atoms with Crippen molar-refractivity contribution >= 4 is 18.3 Å². The third-order valence-corrected chi connectivity index (χ3v) is 3.10. The third kappa shape index (κ3) is 4.87. The Balaban J connectivity index is 0.00000220. The molecule has 0 spiro atoms. The standard InChI is InChI=1S/C11H15F3N4O2.ClH/c12-11(13,14)9-1-2-18(17-9)6-10(20)16-4-7-3-15-5-8(7)19;/h1-2,7-8,15,19H,3-6H2,(H,16,20);1H. The number of hydrogen-bond donors (Lipinski definition) is 3. The molecule has 10 heteroatoms. The van der Waals surface area contributed by atoms with Crippen molar-refractivity contribution in [2.24, 2.45) is 5.92 Å². The van der Waals surface area contributed by atoms with E-state index < -0.39 is 23.9 Å². The highest BCUT2D eigenvalue weighted by atomic mass is 35.5. The first-order valence-corrected chi connectivity index (χ1v) is 6.12. The van der Waals surface area contributed by atoms with E-state index in [1.807, 2.05) is 0 Å². The first kappa shape index (κ1) is 17.7. The average molecular weight is 329 g/mol. The molecule has 1 fully saturated rings. The van der Waals surface area contributed by atoms with Crippen molar-refractivity contribution in [3.63, 3.8) is 0 Å². The number of alkyl halides is 3. The number of aromatic nitrogens is 2. The van der Waals surface area contributed by atoms with Crippen molar-refractivity contribution in [1.29, 1.82) is 0 Å². The molecule has 0 aliphatic carbocycles. The maximum Gasteiger partial charge on any atom is 0.435 e. The fourth-order valence-corrected chi connectivity index (χ4v) is 1.98. The van der Waals surface area contributed by atoms with Crippen LogP contribution >= 0.6 is 12.4 Å². The van der Waals surface area contributed by atoms with E-state index in [-0.39, 0.29) is 31.4 Å². The molecule has 0 aromatic carbocycles. The minimum atomic E-state index is -4.51. The number of nitrogens with one attached hydrogen (secondary N) is 2. The summed E-state index contributed by atoms with van der Waals surface area (Å²) in [6.45, 7) is 1.07. The molecule has 3 N–H and O–H groups in total. The molecule has 6 nitrogen and oxygen atoms in total. The highest BCUT2D eigenvalue weighted by Crippen LogP contribution is 2.27. The summed E-state index contributed by atoms with van der Waals surface area (Å²) in [5.41, 5.74) is -1.03. The monoisotopic (exact) mass is 328 g/mol. The van der Waals surface area contributed by atoms with Gasteiger partial charge in [0.2, 0.25) is 5.91 Å². The molecule has 0 saturated carbocycles. The van der Waals surface area contributed by atoms with E-state index in [9.17, 15) is 23.1 Å². The van der Waals surface area contributed by atoms with Gasteiger partial charge in [-0.15, -0.1) is 12.4 Å². The van der Waals surface area contributed by atoms with E-state index in [4.69, 9.17) is 0 Å². The second-order valence-corrected chi connectivity index (χ2v) is 4.69. The molecule has 1 amide bonds. The fourth-order valence-electron chi connectivity index (χ4n) is 1.98. The second kappa shape index (κ2) is 7.10. The summed E-state index contributed by atoms with van der Waals surface area (Å²) in [6, 6.07) is 0.817. The van der Waals surface area contributed by atoms with Gasteiger partial charge in [-0.25, -0.2) is 0 Å². The van der Waals surface area contributed by atoms with Crippen molar-refractivity contribution in [1.82, 2.24) is 20.4 Å². The van der Waals surface area contributed by atoms with E-state index in [0.29, 0.717) is 13.1 Å². The molecule has 2 rings (SSSR count). The van der Waals surface area contributed by atoms with Crippen LogP contribution in [0.2, 0.25) is 0 Å². The van der Waals surface area contributed by atoms with Crippen LogP contribution in [0, 0.1) is 5.92 Å². The van der Waals surface area contributed by atoms with Crippen molar-refractivity contribution < 1.29 is 23.1 Å². The minimum absolute atomic E-state index is 0. The minimum Gasteiger partial charge on any atom is -0.391 e. The summed E-state index contributed by atoms with van der Waals surface area (Å²) >= 11 is 0. The summed E-state index contributed by atoms with van der Waals surface area (Å²) in [5, 5.41) is 18.4. The normalized spacial score (nSPS) is 21.9. The molecule has 1 aromatic heterocycles. The van der Waals surface area contributed by atoms with E-state index in [1.165, 1.54) is 0 Å². The molecule has 0 bridgehead atoms. The van der Waals surface area contributed by atoms with Crippen LogP contribution in [-0.4, -0.2) is 46.5 Å². The van der Waals surface area contributed by atoms with Crippen molar-refractivity contribution in [3.8, 4) is 0 Å². The Bertz CT molecular complexity index is 480. The zero-order valence-electron chi connectivity index (χ0n) is 10.9. The van der Waals surface area contributed by atoms with Gasteiger partial charge in [-0.3, -0.25) is 9.48 Å². The molecule has 0 radical (unpaired) electrons. The van der Waals surface area contributed by atoms with E-state index >= 15 is 0 Å². The second-order valence-electron chi connectivity index (χ2n) is 4.69. The van der Waals surface area contributed by atoms with E-state index in [1.54, 1.807) is 0 Å². The van der Waals surface area contributed by atoms with Crippen LogP contribution in [-0.2, 0) is 17.5 Å². The van der Waals surface area contributed by atoms with Crippen LogP contribution in [0.4, 0.5) is 13.2 Å². The summed E-state index contributed by atoms with van der Waals surface area (Å²) in [6.07, 6.45) is -3.92. The lowest BCUT2D eigenvalue weighted by Gasteiger charge is -2.14. The van der Waals surface area contributed by atoms with E-state index in [0.717, 1.165) is 16.9 Å². The lowest BCUT2D eigenvalue weighted by molar-refractivity contribution is -0.141. The Kier molecular flexibility index (Phi) is 5.99. The number of rotatable bonds is 4. The van der Waals surface area contributed by atoms with Gasteiger partial charge in [0.25, 0.3) is 0 Å². The zero-order chi connectivity index (χ0) is 14.8. The van der Waals surface area contributed by atoms with Gasteiger partial charge in [-0.05, 0) is 6.07 Å². The molecular formula is C11H16ClF3N4O2. The summed E-state index contributed by atoms with van der Waals surface area (Å²) in [4.78, 5) is 11.6. The lowest BCUT2D eigenvalue weighted by Crippen LogP contribution is -2.36. The lowest BCUT2D eigenvalue weighted by atomic mass is 10.1. The van der Waals surface area contributed by atoms with Gasteiger partial charge >= 0.3 is 6.18 Å². The molecule has 1 aliphatic heterocycles. The average Bonchev–Trinajstić information content (AvgIpc) is 2.95. The molecule has 120 valence electrons. The van der Waals surface area contributed by atoms with Gasteiger partial charge in [0, 0.05) is 31.7 Å². The third-order valence-electron chi connectivity index (χ3n) is 3.10. The molecule has 2 unspecified atom stereocenters. The first-order valence-electron chi connectivity index (χ1n) is 6.12. The van der Waals surface area contributed by atoms with Crippen molar-refractivity contribution in [2.45, 2.75) is 18.8 Å². The predicted octanol–water partition coefficient (Wildman–Crippen LogP) is 0.0202.